The number of amides is 1. The average Bonchev–Trinajstić information content (AvgIpc) is 3.04. The summed E-state index contributed by atoms with van der Waals surface area (Å²) < 4.78 is 2.77. The van der Waals surface area contributed by atoms with Gasteiger partial charge in [-0.15, -0.1) is 0 Å². The van der Waals surface area contributed by atoms with Gasteiger partial charge in [-0.1, -0.05) is 23.5 Å². The van der Waals surface area contributed by atoms with E-state index in [1.54, 1.807) is 16.9 Å². The Morgan fingerprint density at radius 1 is 1.37 bits per heavy atom. The average molecular weight is 272 g/mol. The minimum atomic E-state index is -0.230. The van der Waals surface area contributed by atoms with E-state index in [2.05, 4.69) is 15.4 Å². The third-order valence-electron chi connectivity index (χ3n) is 2.71. The van der Waals surface area contributed by atoms with Crippen LogP contribution in [-0.4, -0.2) is 20.7 Å². The number of aromatic nitrogens is 3. The molecule has 0 radical (unpaired) electrons. The van der Waals surface area contributed by atoms with Gasteiger partial charge in [-0.25, -0.2) is 4.98 Å². The van der Waals surface area contributed by atoms with Gasteiger partial charge in [-0.2, -0.15) is 5.10 Å². The Balaban J connectivity index is 1.82. The van der Waals surface area contributed by atoms with Crippen molar-refractivity contribution in [3.63, 3.8) is 0 Å². The quantitative estimate of drug-likeness (QED) is 0.797. The van der Waals surface area contributed by atoms with Crippen LogP contribution < -0.4 is 5.32 Å². The summed E-state index contributed by atoms with van der Waals surface area (Å²) in [5.74, 6) is -0.230. The molecule has 1 amide bonds. The van der Waals surface area contributed by atoms with Crippen molar-refractivity contribution in [2.45, 2.75) is 13.5 Å². The van der Waals surface area contributed by atoms with Crippen LogP contribution in [0.1, 0.15) is 17.4 Å². The maximum Gasteiger partial charge on any atom is 0.277 e. The Hall–Kier alpha value is -2.21. The molecule has 1 aromatic carbocycles. The number of rotatable bonds is 3. The number of benzene rings is 1. The minimum Gasteiger partial charge on any atom is -0.296 e. The van der Waals surface area contributed by atoms with Crippen molar-refractivity contribution in [1.29, 1.82) is 0 Å². The van der Waals surface area contributed by atoms with Crippen molar-refractivity contribution in [2.24, 2.45) is 0 Å². The molecular formula is C13H12N4OS. The number of aryl methyl sites for hydroxylation is 1. The number of para-hydroxylation sites is 1. The van der Waals surface area contributed by atoms with Crippen LogP contribution in [0.15, 0.2) is 36.5 Å². The highest BCUT2D eigenvalue weighted by Crippen LogP contribution is 2.25. The lowest BCUT2D eigenvalue weighted by atomic mass is 10.3. The number of carbonyl (C=O) groups is 1. The van der Waals surface area contributed by atoms with Gasteiger partial charge in [-0.05, 0) is 25.1 Å². The standard InChI is InChI=1S/C13H12N4OS/c1-2-17-8-7-10(16-17)12(18)15-13-14-9-5-3-4-6-11(9)19-13/h3-8H,2H2,1H3,(H,14,15,18). The second-order valence-electron chi connectivity index (χ2n) is 4.00. The molecule has 0 saturated carbocycles. The van der Waals surface area contributed by atoms with Crippen LogP contribution in [0.4, 0.5) is 5.13 Å². The van der Waals surface area contributed by atoms with Crippen molar-refractivity contribution in [3.05, 3.63) is 42.2 Å². The Morgan fingerprint density at radius 2 is 2.21 bits per heavy atom. The van der Waals surface area contributed by atoms with Crippen molar-refractivity contribution in [2.75, 3.05) is 5.32 Å². The van der Waals surface area contributed by atoms with E-state index < -0.39 is 0 Å². The minimum absolute atomic E-state index is 0.230. The number of hydrogen-bond donors (Lipinski definition) is 1. The fourth-order valence-electron chi connectivity index (χ4n) is 1.75. The van der Waals surface area contributed by atoms with Crippen LogP contribution in [-0.2, 0) is 6.54 Å². The second-order valence-corrected chi connectivity index (χ2v) is 5.03. The molecule has 1 N–H and O–H groups in total. The molecule has 0 aliphatic carbocycles. The van der Waals surface area contributed by atoms with E-state index in [1.807, 2.05) is 31.2 Å². The smallest absolute Gasteiger partial charge is 0.277 e. The van der Waals surface area contributed by atoms with Crippen molar-refractivity contribution in [1.82, 2.24) is 14.8 Å². The first-order valence-electron chi connectivity index (χ1n) is 5.96. The highest BCUT2D eigenvalue weighted by molar-refractivity contribution is 7.22. The first-order chi connectivity index (χ1) is 9.26. The van der Waals surface area contributed by atoms with Crippen LogP contribution in [0.5, 0.6) is 0 Å². The van der Waals surface area contributed by atoms with Crippen molar-refractivity contribution >= 4 is 32.6 Å². The molecule has 0 bridgehead atoms. The van der Waals surface area contributed by atoms with Gasteiger partial charge in [0.1, 0.15) is 0 Å². The lowest BCUT2D eigenvalue weighted by Gasteiger charge is -1.97. The van der Waals surface area contributed by atoms with Gasteiger partial charge >= 0.3 is 0 Å². The maximum absolute atomic E-state index is 12.0. The van der Waals surface area contributed by atoms with E-state index in [4.69, 9.17) is 0 Å². The van der Waals surface area contributed by atoms with Crippen molar-refractivity contribution in [3.8, 4) is 0 Å². The molecule has 0 spiro atoms. The Kier molecular flexibility index (Phi) is 3.00. The highest BCUT2D eigenvalue weighted by atomic mass is 32.1. The van der Waals surface area contributed by atoms with E-state index in [0.29, 0.717) is 10.8 Å². The van der Waals surface area contributed by atoms with Crippen LogP contribution in [0, 0.1) is 0 Å². The molecule has 0 aliphatic heterocycles. The molecule has 96 valence electrons. The summed E-state index contributed by atoms with van der Waals surface area (Å²) >= 11 is 1.46. The maximum atomic E-state index is 12.0. The van der Waals surface area contributed by atoms with Gasteiger partial charge in [0, 0.05) is 12.7 Å². The van der Waals surface area contributed by atoms with Gasteiger partial charge in [-0.3, -0.25) is 14.8 Å². The first-order valence-corrected chi connectivity index (χ1v) is 6.78. The molecule has 2 heterocycles. The normalized spacial score (nSPS) is 10.8. The molecule has 0 saturated heterocycles. The zero-order valence-electron chi connectivity index (χ0n) is 10.3. The lowest BCUT2D eigenvalue weighted by molar-refractivity contribution is 0.102. The molecule has 0 unspecified atom stereocenters. The van der Waals surface area contributed by atoms with E-state index in [1.165, 1.54) is 11.3 Å². The lowest BCUT2D eigenvalue weighted by Crippen LogP contribution is -2.13. The summed E-state index contributed by atoms with van der Waals surface area (Å²) in [6.07, 6.45) is 1.78. The number of anilines is 1. The molecule has 6 heteroatoms. The summed E-state index contributed by atoms with van der Waals surface area (Å²) in [7, 11) is 0. The fraction of sp³-hybridized carbons (Fsp3) is 0.154. The van der Waals surface area contributed by atoms with E-state index in [9.17, 15) is 4.79 Å². The SMILES string of the molecule is CCn1ccc(C(=O)Nc2nc3ccccc3s2)n1. The van der Waals surface area contributed by atoms with E-state index in [0.717, 1.165) is 16.8 Å². The van der Waals surface area contributed by atoms with E-state index >= 15 is 0 Å². The topological polar surface area (TPSA) is 59.8 Å². The molecular weight excluding hydrogens is 260 g/mol. The summed E-state index contributed by atoms with van der Waals surface area (Å²) in [5, 5.41) is 7.53. The first kappa shape index (κ1) is 11.9. The number of nitrogens with zero attached hydrogens (tertiary/aromatic N) is 3. The third-order valence-corrected chi connectivity index (χ3v) is 3.66. The Morgan fingerprint density at radius 3 is 2.95 bits per heavy atom. The summed E-state index contributed by atoms with van der Waals surface area (Å²) in [6.45, 7) is 2.72. The largest absolute Gasteiger partial charge is 0.296 e. The van der Waals surface area contributed by atoms with Crippen LogP contribution in [0.2, 0.25) is 0 Å². The fourth-order valence-corrected chi connectivity index (χ4v) is 2.61. The monoisotopic (exact) mass is 272 g/mol. The summed E-state index contributed by atoms with van der Waals surface area (Å²) in [6, 6.07) is 9.49. The molecule has 19 heavy (non-hydrogen) atoms. The predicted octanol–water partition coefficient (Wildman–Crippen LogP) is 2.77. The zero-order chi connectivity index (χ0) is 13.2. The summed E-state index contributed by atoms with van der Waals surface area (Å²) in [5.41, 5.74) is 1.29. The molecule has 3 rings (SSSR count). The van der Waals surface area contributed by atoms with Crippen LogP contribution in [0.25, 0.3) is 10.2 Å². The van der Waals surface area contributed by atoms with Gasteiger partial charge in [0.15, 0.2) is 10.8 Å². The van der Waals surface area contributed by atoms with Gasteiger partial charge in [0.2, 0.25) is 0 Å². The predicted molar refractivity (Wildman–Crippen MR) is 75.5 cm³/mol. The number of hydrogen-bond acceptors (Lipinski definition) is 4. The van der Waals surface area contributed by atoms with Crippen LogP contribution >= 0.6 is 11.3 Å². The Bertz CT molecular complexity index is 698. The molecule has 0 atom stereocenters. The van der Waals surface area contributed by atoms with E-state index in [-0.39, 0.29) is 5.91 Å². The number of fused-ring (bicyclic) bond motifs is 1. The third kappa shape index (κ3) is 2.34. The van der Waals surface area contributed by atoms with Crippen molar-refractivity contribution < 1.29 is 4.79 Å². The van der Waals surface area contributed by atoms with Gasteiger partial charge in [0.05, 0.1) is 10.2 Å². The number of thiazole rings is 1. The molecule has 0 aliphatic rings. The molecule has 5 nitrogen and oxygen atoms in total. The molecule has 0 fully saturated rings. The van der Waals surface area contributed by atoms with Crippen LogP contribution in [0.3, 0.4) is 0 Å². The zero-order valence-corrected chi connectivity index (χ0v) is 11.1. The highest BCUT2D eigenvalue weighted by Gasteiger charge is 2.12. The number of nitrogens with one attached hydrogen (secondary N) is 1. The Labute approximate surface area is 113 Å². The molecule has 2 aromatic heterocycles. The number of carbonyl (C=O) groups excluding carboxylic acids is 1. The van der Waals surface area contributed by atoms with Gasteiger partial charge < -0.3 is 0 Å². The summed E-state index contributed by atoms with van der Waals surface area (Å²) in [4.78, 5) is 16.4. The second kappa shape index (κ2) is 4.81. The molecule has 3 aromatic rings. The van der Waals surface area contributed by atoms with Gasteiger partial charge in [0.25, 0.3) is 5.91 Å².